The van der Waals surface area contributed by atoms with Gasteiger partial charge < -0.3 is 4.57 Å². The van der Waals surface area contributed by atoms with Gasteiger partial charge in [0.15, 0.2) is 0 Å². The molecule has 0 amide bonds. The average Bonchev–Trinajstić information content (AvgIpc) is 3.43. The van der Waals surface area contributed by atoms with Gasteiger partial charge >= 0.3 is 0 Å². The molecule has 0 radical (unpaired) electrons. The molecule has 1 atom stereocenters. The Bertz CT molecular complexity index is 1150. The van der Waals surface area contributed by atoms with Crippen LogP contribution in [0.3, 0.4) is 0 Å². The molecule has 28 heavy (non-hydrogen) atoms. The van der Waals surface area contributed by atoms with Gasteiger partial charge in [0.2, 0.25) is 0 Å². The molecule has 5 rings (SSSR count). The number of aromatic nitrogens is 6. The predicted molar refractivity (Wildman–Crippen MR) is 108 cm³/mol. The first-order valence-corrected chi connectivity index (χ1v) is 9.70. The van der Waals surface area contributed by atoms with Crippen molar-refractivity contribution in [1.29, 1.82) is 0 Å². The fraction of sp³-hybridized carbons (Fsp3) is 0.238. The van der Waals surface area contributed by atoms with Gasteiger partial charge in [0, 0.05) is 35.4 Å². The molecule has 3 aromatic heterocycles. The molecule has 4 aromatic rings. The summed E-state index contributed by atoms with van der Waals surface area (Å²) in [6, 6.07) is 10.1. The van der Waals surface area contributed by atoms with Crippen LogP contribution in [0.15, 0.2) is 49.1 Å². The Balaban J connectivity index is 1.40. The minimum absolute atomic E-state index is 0.419. The summed E-state index contributed by atoms with van der Waals surface area (Å²) in [5.74, 6) is 0.419. The van der Waals surface area contributed by atoms with Gasteiger partial charge in [0.1, 0.15) is 11.4 Å². The van der Waals surface area contributed by atoms with E-state index >= 15 is 0 Å². The van der Waals surface area contributed by atoms with E-state index < -0.39 is 0 Å². The zero-order chi connectivity index (χ0) is 19.1. The maximum absolute atomic E-state index is 6.46. The van der Waals surface area contributed by atoms with Crippen molar-refractivity contribution in [1.82, 2.24) is 29.9 Å². The number of fused-ring (bicyclic) bond motifs is 1. The minimum Gasteiger partial charge on any atom is -0.336 e. The molecule has 0 aliphatic heterocycles. The zero-order valence-electron chi connectivity index (χ0n) is 15.4. The van der Waals surface area contributed by atoms with Gasteiger partial charge in [-0.15, -0.1) is 5.10 Å². The number of hydrogen-bond donors (Lipinski definition) is 1. The van der Waals surface area contributed by atoms with E-state index in [2.05, 4.69) is 42.2 Å². The van der Waals surface area contributed by atoms with Gasteiger partial charge in [0.05, 0.1) is 17.7 Å². The van der Waals surface area contributed by atoms with Crippen LogP contribution in [0.25, 0.3) is 22.6 Å². The SMILES string of the molecule is Cc1[nH]nnc1-c1ccnc(-c2cn(C[C@H]3CCc4cccc(Cl)c43)cn2)c1. The standard InChI is InChI=1S/C21H19ClN6/c1-13-21(26-27-25-13)15-7-8-23-18(9-15)19-11-28(12-24-19)10-16-6-5-14-3-2-4-17(22)20(14)16/h2-4,7-9,11-12,16H,5-6,10H2,1H3,(H,25,26,27)/t16-/m1/s1. The van der Waals surface area contributed by atoms with Crippen molar-refractivity contribution in [3.05, 3.63) is 70.9 Å². The molecule has 6 nitrogen and oxygen atoms in total. The molecule has 1 aliphatic rings. The summed E-state index contributed by atoms with van der Waals surface area (Å²) in [7, 11) is 0. The van der Waals surface area contributed by atoms with Crippen LogP contribution >= 0.6 is 11.6 Å². The number of nitrogens with zero attached hydrogens (tertiary/aromatic N) is 5. The molecular formula is C21H19ClN6. The van der Waals surface area contributed by atoms with E-state index in [9.17, 15) is 0 Å². The maximum Gasteiger partial charge on any atom is 0.115 e. The Morgan fingerprint density at radius 1 is 1.21 bits per heavy atom. The van der Waals surface area contributed by atoms with Crippen LogP contribution in [-0.4, -0.2) is 29.9 Å². The van der Waals surface area contributed by atoms with Crippen molar-refractivity contribution in [2.45, 2.75) is 32.2 Å². The van der Waals surface area contributed by atoms with E-state index in [0.29, 0.717) is 5.92 Å². The molecule has 0 spiro atoms. The van der Waals surface area contributed by atoms with Crippen molar-refractivity contribution in [2.75, 3.05) is 0 Å². The first-order valence-electron chi connectivity index (χ1n) is 9.32. The number of rotatable bonds is 4. The molecule has 0 bridgehead atoms. The molecular weight excluding hydrogens is 372 g/mol. The Hall–Kier alpha value is -2.99. The normalized spacial score (nSPS) is 15.7. The summed E-state index contributed by atoms with van der Waals surface area (Å²) in [5, 5.41) is 11.8. The average molecular weight is 391 g/mol. The third-order valence-corrected chi connectivity index (χ3v) is 5.73. The highest BCUT2D eigenvalue weighted by atomic mass is 35.5. The highest BCUT2D eigenvalue weighted by molar-refractivity contribution is 6.31. The van der Waals surface area contributed by atoms with Gasteiger partial charge in [-0.3, -0.25) is 10.1 Å². The fourth-order valence-electron chi connectivity index (χ4n) is 4.03. The first kappa shape index (κ1) is 17.1. The number of pyridine rings is 1. The summed E-state index contributed by atoms with van der Waals surface area (Å²) >= 11 is 6.46. The summed E-state index contributed by atoms with van der Waals surface area (Å²) in [6.45, 7) is 2.82. The van der Waals surface area contributed by atoms with E-state index in [1.165, 1.54) is 11.1 Å². The van der Waals surface area contributed by atoms with Crippen molar-refractivity contribution < 1.29 is 0 Å². The lowest BCUT2D eigenvalue weighted by Gasteiger charge is -2.13. The lowest BCUT2D eigenvalue weighted by Crippen LogP contribution is -2.05. The van der Waals surface area contributed by atoms with Crippen LogP contribution in [0.1, 0.15) is 29.2 Å². The lowest BCUT2D eigenvalue weighted by atomic mass is 10.0. The van der Waals surface area contributed by atoms with Crippen LogP contribution in [0.2, 0.25) is 5.02 Å². The van der Waals surface area contributed by atoms with Crippen LogP contribution in [0.5, 0.6) is 0 Å². The molecule has 3 heterocycles. The van der Waals surface area contributed by atoms with Gasteiger partial charge in [-0.2, -0.15) is 0 Å². The highest BCUT2D eigenvalue weighted by Crippen LogP contribution is 2.39. The van der Waals surface area contributed by atoms with Crippen LogP contribution < -0.4 is 0 Å². The fourth-order valence-corrected chi connectivity index (χ4v) is 4.38. The largest absolute Gasteiger partial charge is 0.336 e. The molecule has 0 fully saturated rings. The number of imidazole rings is 1. The second-order valence-electron chi connectivity index (χ2n) is 7.22. The van der Waals surface area contributed by atoms with Crippen LogP contribution in [-0.2, 0) is 13.0 Å². The topological polar surface area (TPSA) is 72.3 Å². The quantitative estimate of drug-likeness (QED) is 0.559. The highest BCUT2D eigenvalue weighted by Gasteiger charge is 2.25. The van der Waals surface area contributed by atoms with Crippen molar-refractivity contribution in [2.24, 2.45) is 0 Å². The second-order valence-corrected chi connectivity index (χ2v) is 7.63. The van der Waals surface area contributed by atoms with Crippen molar-refractivity contribution in [3.63, 3.8) is 0 Å². The molecule has 1 N–H and O–H groups in total. The third-order valence-electron chi connectivity index (χ3n) is 5.40. The number of nitrogens with one attached hydrogen (secondary N) is 1. The first-order chi connectivity index (χ1) is 13.7. The summed E-state index contributed by atoms with van der Waals surface area (Å²) in [5.41, 5.74) is 7.07. The summed E-state index contributed by atoms with van der Waals surface area (Å²) < 4.78 is 2.13. The smallest absolute Gasteiger partial charge is 0.115 e. The summed E-state index contributed by atoms with van der Waals surface area (Å²) in [6.07, 6.45) is 7.91. The predicted octanol–water partition coefficient (Wildman–Crippen LogP) is 4.42. The zero-order valence-corrected chi connectivity index (χ0v) is 16.2. The number of hydrogen-bond acceptors (Lipinski definition) is 4. The Labute approximate surface area is 167 Å². The molecule has 140 valence electrons. The summed E-state index contributed by atoms with van der Waals surface area (Å²) in [4.78, 5) is 9.06. The third kappa shape index (κ3) is 2.99. The number of benzene rings is 1. The van der Waals surface area contributed by atoms with E-state index in [-0.39, 0.29) is 0 Å². The van der Waals surface area contributed by atoms with Gasteiger partial charge in [-0.25, -0.2) is 4.98 Å². The molecule has 0 saturated carbocycles. The maximum atomic E-state index is 6.46. The van der Waals surface area contributed by atoms with Gasteiger partial charge in [0.25, 0.3) is 0 Å². The number of aryl methyl sites for hydroxylation is 2. The van der Waals surface area contributed by atoms with Crippen molar-refractivity contribution >= 4 is 11.6 Å². The molecule has 7 heteroatoms. The van der Waals surface area contributed by atoms with Crippen LogP contribution in [0, 0.1) is 6.92 Å². The Kier molecular flexibility index (Phi) is 4.20. The number of halogens is 1. The van der Waals surface area contributed by atoms with Gasteiger partial charge in [-0.05, 0) is 49.1 Å². The van der Waals surface area contributed by atoms with E-state index in [1.54, 1.807) is 6.20 Å². The Morgan fingerprint density at radius 3 is 3.00 bits per heavy atom. The molecule has 1 aromatic carbocycles. The van der Waals surface area contributed by atoms with Gasteiger partial charge in [-0.1, -0.05) is 28.9 Å². The second kappa shape index (κ2) is 6.87. The Morgan fingerprint density at radius 2 is 2.14 bits per heavy atom. The lowest BCUT2D eigenvalue weighted by molar-refractivity contribution is 0.555. The van der Waals surface area contributed by atoms with E-state index in [4.69, 9.17) is 11.6 Å². The molecule has 0 saturated heterocycles. The number of H-pyrrole nitrogens is 1. The minimum atomic E-state index is 0.419. The molecule has 1 aliphatic carbocycles. The number of aromatic amines is 1. The van der Waals surface area contributed by atoms with E-state index in [0.717, 1.165) is 52.7 Å². The van der Waals surface area contributed by atoms with Crippen molar-refractivity contribution in [3.8, 4) is 22.6 Å². The monoisotopic (exact) mass is 390 g/mol. The molecule has 0 unspecified atom stereocenters. The van der Waals surface area contributed by atoms with Crippen LogP contribution in [0.4, 0.5) is 0 Å². The van der Waals surface area contributed by atoms with E-state index in [1.807, 2.05) is 37.5 Å².